The number of hydrogen-bond acceptors (Lipinski definition) is 3. The summed E-state index contributed by atoms with van der Waals surface area (Å²) in [7, 11) is 0. The number of aliphatic hydroxyl groups excluding tert-OH is 1. The van der Waals surface area contributed by atoms with Crippen molar-refractivity contribution in [3.63, 3.8) is 0 Å². The quantitative estimate of drug-likeness (QED) is 0.789. The Morgan fingerprint density at radius 1 is 1.28 bits per heavy atom. The van der Waals surface area contributed by atoms with Gasteiger partial charge in [-0.3, -0.25) is 0 Å². The normalized spacial score (nSPS) is 25.2. The lowest BCUT2D eigenvalue weighted by Gasteiger charge is -2.19. The molecule has 0 aliphatic carbocycles. The first-order valence-corrected chi connectivity index (χ1v) is 6.74. The van der Waals surface area contributed by atoms with E-state index < -0.39 is 0 Å². The van der Waals surface area contributed by atoms with Crippen LogP contribution in [-0.2, 0) is 9.47 Å². The minimum atomic E-state index is -0.133. The van der Waals surface area contributed by atoms with Gasteiger partial charge in [0, 0.05) is 12.5 Å². The predicted molar refractivity (Wildman–Crippen MR) is 70.4 cm³/mol. The standard InChI is InChI=1S/C15H22O3/c1-12(13-7-3-2-4-8-13)15-17-11-14(18-15)9-5-6-10-16/h2-4,7-8,12,14-16H,5-6,9-11H2,1H3/t12-,14-,15+/m0/s1. The summed E-state index contributed by atoms with van der Waals surface area (Å²) in [6.07, 6.45) is 2.87. The SMILES string of the molecule is C[C@@H](c1ccccc1)[C@@H]1OC[C@H](CCCCO)O1. The summed E-state index contributed by atoms with van der Waals surface area (Å²) in [6.45, 7) is 3.07. The van der Waals surface area contributed by atoms with Crippen molar-refractivity contribution in [3.05, 3.63) is 35.9 Å². The van der Waals surface area contributed by atoms with Crippen LogP contribution in [0, 0.1) is 0 Å². The molecule has 0 unspecified atom stereocenters. The van der Waals surface area contributed by atoms with Gasteiger partial charge >= 0.3 is 0 Å². The first-order chi connectivity index (χ1) is 8.81. The molecular weight excluding hydrogens is 228 g/mol. The molecule has 0 radical (unpaired) electrons. The summed E-state index contributed by atoms with van der Waals surface area (Å²) >= 11 is 0. The molecule has 1 saturated heterocycles. The number of benzene rings is 1. The molecule has 1 fully saturated rings. The largest absolute Gasteiger partial charge is 0.396 e. The van der Waals surface area contributed by atoms with Crippen LogP contribution in [0.25, 0.3) is 0 Å². The van der Waals surface area contributed by atoms with Crippen LogP contribution in [0.1, 0.15) is 37.7 Å². The fourth-order valence-electron chi connectivity index (χ4n) is 2.28. The Balaban J connectivity index is 1.81. The maximum Gasteiger partial charge on any atom is 0.164 e. The van der Waals surface area contributed by atoms with E-state index in [1.54, 1.807) is 0 Å². The first-order valence-electron chi connectivity index (χ1n) is 6.74. The van der Waals surface area contributed by atoms with Crippen LogP contribution in [0.5, 0.6) is 0 Å². The summed E-state index contributed by atoms with van der Waals surface area (Å²) in [5, 5.41) is 8.76. The summed E-state index contributed by atoms with van der Waals surface area (Å²) in [4.78, 5) is 0. The van der Waals surface area contributed by atoms with E-state index >= 15 is 0 Å². The molecule has 0 amide bonds. The van der Waals surface area contributed by atoms with Crippen LogP contribution in [0.4, 0.5) is 0 Å². The molecule has 3 nitrogen and oxygen atoms in total. The Hall–Kier alpha value is -0.900. The van der Waals surface area contributed by atoms with Crippen molar-refractivity contribution in [1.82, 2.24) is 0 Å². The van der Waals surface area contributed by atoms with Crippen molar-refractivity contribution in [2.45, 2.75) is 44.5 Å². The second kappa shape index (κ2) is 6.88. The molecule has 2 rings (SSSR count). The number of aliphatic hydroxyl groups is 1. The molecule has 1 aromatic rings. The zero-order valence-corrected chi connectivity index (χ0v) is 10.9. The van der Waals surface area contributed by atoms with E-state index in [0.29, 0.717) is 6.61 Å². The van der Waals surface area contributed by atoms with Crippen molar-refractivity contribution in [2.75, 3.05) is 13.2 Å². The van der Waals surface area contributed by atoms with Crippen LogP contribution < -0.4 is 0 Å². The molecule has 3 atom stereocenters. The molecule has 100 valence electrons. The molecule has 18 heavy (non-hydrogen) atoms. The third-order valence-electron chi connectivity index (χ3n) is 3.44. The molecule has 1 aliphatic heterocycles. The van der Waals surface area contributed by atoms with Crippen molar-refractivity contribution >= 4 is 0 Å². The van der Waals surface area contributed by atoms with E-state index in [9.17, 15) is 0 Å². The monoisotopic (exact) mass is 250 g/mol. The maximum atomic E-state index is 8.76. The van der Waals surface area contributed by atoms with Gasteiger partial charge in [-0.25, -0.2) is 0 Å². The minimum absolute atomic E-state index is 0.133. The van der Waals surface area contributed by atoms with Gasteiger partial charge in [0.15, 0.2) is 6.29 Å². The zero-order valence-electron chi connectivity index (χ0n) is 10.9. The van der Waals surface area contributed by atoms with Gasteiger partial charge in [0.1, 0.15) is 0 Å². The molecule has 1 heterocycles. The van der Waals surface area contributed by atoms with Crippen molar-refractivity contribution < 1.29 is 14.6 Å². The zero-order chi connectivity index (χ0) is 12.8. The average Bonchev–Trinajstić information content (AvgIpc) is 2.88. The van der Waals surface area contributed by atoms with Gasteiger partial charge in [-0.05, 0) is 24.8 Å². The van der Waals surface area contributed by atoms with Gasteiger partial charge in [0.25, 0.3) is 0 Å². The van der Waals surface area contributed by atoms with Gasteiger partial charge in [-0.1, -0.05) is 37.3 Å². The van der Waals surface area contributed by atoms with Crippen LogP contribution in [0.2, 0.25) is 0 Å². The van der Waals surface area contributed by atoms with E-state index in [4.69, 9.17) is 14.6 Å². The molecule has 1 aromatic carbocycles. The van der Waals surface area contributed by atoms with Crippen molar-refractivity contribution in [1.29, 1.82) is 0 Å². The fraction of sp³-hybridized carbons (Fsp3) is 0.600. The highest BCUT2D eigenvalue weighted by molar-refractivity contribution is 5.19. The molecule has 0 aromatic heterocycles. The van der Waals surface area contributed by atoms with Crippen LogP contribution >= 0.6 is 0 Å². The molecule has 1 aliphatic rings. The number of hydrogen-bond donors (Lipinski definition) is 1. The molecule has 0 saturated carbocycles. The molecule has 1 N–H and O–H groups in total. The fourth-order valence-corrected chi connectivity index (χ4v) is 2.28. The Morgan fingerprint density at radius 3 is 2.78 bits per heavy atom. The Morgan fingerprint density at radius 2 is 2.06 bits per heavy atom. The highest BCUT2D eigenvalue weighted by Gasteiger charge is 2.30. The first kappa shape index (κ1) is 13.5. The summed E-state index contributed by atoms with van der Waals surface area (Å²) in [6, 6.07) is 10.3. The van der Waals surface area contributed by atoms with Crippen molar-refractivity contribution in [3.8, 4) is 0 Å². The Bertz CT molecular complexity index is 339. The smallest absolute Gasteiger partial charge is 0.164 e. The molecular formula is C15H22O3. The highest BCUT2D eigenvalue weighted by atomic mass is 16.7. The van der Waals surface area contributed by atoms with E-state index in [1.807, 2.05) is 18.2 Å². The lowest BCUT2D eigenvalue weighted by molar-refractivity contribution is -0.0729. The van der Waals surface area contributed by atoms with Gasteiger partial charge < -0.3 is 14.6 Å². The number of unbranched alkanes of at least 4 members (excludes halogenated alkanes) is 1. The van der Waals surface area contributed by atoms with Crippen LogP contribution in [-0.4, -0.2) is 30.7 Å². The van der Waals surface area contributed by atoms with Gasteiger partial charge in [-0.2, -0.15) is 0 Å². The van der Waals surface area contributed by atoms with Crippen LogP contribution in [0.3, 0.4) is 0 Å². The van der Waals surface area contributed by atoms with E-state index in [2.05, 4.69) is 19.1 Å². The van der Waals surface area contributed by atoms with E-state index in [1.165, 1.54) is 5.56 Å². The summed E-state index contributed by atoms with van der Waals surface area (Å²) in [5.41, 5.74) is 1.25. The van der Waals surface area contributed by atoms with Crippen molar-refractivity contribution in [2.24, 2.45) is 0 Å². The van der Waals surface area contributed by atoms with Crippen LogP contribution in [0.15, 0.2) is 30.3 Å². The molecule has 0 bridgehead atoms. The topological polar surface area (TPSA) is 38.7 Å². The molecule has 3 heteroatoms. The second-order valence-corrected chi connectivity index (χ2v) is 4.88. The highest BCUT2D eigenvalue weighted by Crippen LogP contribution is 2.28. The lowest BCUT2D eigenvalue weighted by atomic mass is 10.0. The number of rotatable bonds is 6. The number of ether oxygens (including phenoxy) is 2. The van der Waals surface area contributed by atoms with Gasteiger partial charge in [0.05, 0.1) is 12.7 Å². The Kier molecular flexibility index (Phi) is 5.17. The maximum absolute atomic E-state index is 8.76. The van der Waals surface area contributed by atoms with Gasteiger partial charge in [-0.15, -0.1) is 0 Å². The third kappa shape index (κ3) is 3.55. The van der Waals surface area contributed by atoms with E-state index in [0.717, 1.165) is 19.3 Å². The summed E-state index contributed by atoms with van der Waals surface area (Å²) < 4.78 is 11.6. The summed E-state index contributed by atoms with van der Waals surface area (Å²) in [5.74, 6) is 0.258. The Labute approximate surface area is 109 Å². The second-order valence-electron chi connectivity index (χ2n) is 4.88. The third-order valence-corrected chi connectivity index (χ3v) is 3.44. The van der Waals surface area contributed by atoms with Gasteiger partial charge in [0.2, 0.25) is 0 Å². The average molecular weight is 250 g/mol. The minimum Gasteiger partial charge on any atom is -0.396 e. The molecule has 0 spiro atoms. The van der Waals surface area contributed by atoms with E-state index in [-0.39, 0.29) is 24.9 Å². The predicted octanol–water partition coefficient (Wildman–Crippen LogP) is 2.69. The lowest BCUT2D eigenvalue weighted by Crippen LogP contribution is -2.18.